The summed E-state index contributed by atoms with van der Waals surface area (Å²) in [5.74, 6) is 0.618. The monoisotopic (exact) mass is 275 g/mol. The van der Waals surface area contributed by atoms with Crippen molar-refractivity contribution in [1.29, 1.82) is 0 Å². The molecule has 3 nitrogen and oxygen atoms in total. The molecule has 3 rings (SSSR count). The minimum absolute atomic E-state index is 0.0831. The highest BCUT2D eigenvalue weighted by Gasteiger charge is 2.20. The average molecular weight is 275 g/mol. The molecule has 0 spiro atoms. The molecule has 0 saturated carbocycles. The van der Waals surface area contributed by atoms with E-state index in [2.05, 4.69) is 31.0 Å². The maximum Gasteiger partial charge on any atom is 0.174 e. The fourth-order valence-corrected chi connectivity index (χ4v) is 3.08. The molecule has 0 aliphatic heterocycles. The summed E-state index contributed by atoms with van der Waals surface area (Å²) in [5.41, 5.74) is -0.0831. The third-order valence-electron chi connectivity index (χ3n) is 2.97. The number of halogens is 1. The summed E-state index contributed by atoms with van der Waals surface area (Å²) in [6, 6.07) is 6.86. The quantitative estimate of drug-likeness (QED) is 0.670. The third kappa shape index (κ3) is 2.14. The van der Waals surface area contributed by atoms with Crippen LogP contribution >= 0.6 is 11.3 Å². The largest absolute Gasteiger partial charge is 0.308 e. The van der Waals surface area contributed by atoms with E-state index in [-0.39, 0.29) is 11.4 Å². The van der Waals surface area contributed by atoms with Crippen molar-refractivity contribution in [3.8, 4) is 10.7 Å². The van der Waals surface area contributed by atoms with Gasteiger partial charge in [-0.15, -0.1) is 21.5 Å². The van der Waals surface area contributed by atoms with Crippen LogP contribution in [-0.2, 0) is 5.54 Å². The molecule has 0 unspecified atom stereocenters. The van der Waals surface area contributed by atoms with Gasteiger partial charge in [0.25, 0.3) is 0 Å². The lowest BCUT2D eigenvalue weighted by atomic mass is 10.1. The molecule has 3 aromatic rings. The van der Waals surface area contributed by atoms with Crippen molar-refractivity contribution < 1.29 is 4.39 Å². The van der Waals surface area contributed by atoms with Crippen molar-refractivity contribution in [3.63, 3.8) is 0 Å². The number of fused-ring (bicyclic) bond motifs is 1. The van der Waals surface area contributed by atoms with Gasteiger partial charge in [-0.2, -0.15) is 0 Å². The molecule has 2 aromatic heterocycles. The Hall–Kier alpha value is -1.75. The summed E-state index contributed by atoms with van der Waals surface area (Å²) in [4.78, 5) is 1.01. The van der Waals surface area contributed by atoms with Gasteiger partial charge in [0.1, 0.15) is 12.1 Å². The first-order chi connectivity index (χ1) is 8.95. The van der Waals surface area contributed by atoms with Gasteiger partial charge >= 0.3 is 0 Å². The second-order valence-corrected chi connectivity index (χ2v) is 6.57. The van der Waals surface area contributed by atoms with E-state index in [0.29, 0.717) is 0 Å². The van der Waals surface area contributed by atoms with Crippen molar-refractivity contribution >= 4 is 21.4 Å². The van der Waals surface area contributed by atoms with Gasteiger partial charge < -0.3 is 4.57 Å². The van der Waals surface area contributed by atoms with Crippen LogP contribution in [-0.4, -0.2) is 14.8 Å². The van der Waals surface area contributed by atoms with E-state index in [1.165, 1.54) is 17.4 Å². The number of hydrogen-bond acceptors (Lipinski definition) is 3. The Kier molecular flexibility index (Phi) is 2.67. The fourth-order valence-electron chi connectivity index (χ4n) is 2.01. The van der Waals surface area contributed by atoms with Crippen molar-refractivity contribution in [2.24, 2.45) is 0 Å². The van der Waals surface area contributed by atoms with Gasteiger partial charge in [0.2, 0.25) is 0 Å². The first-order valence-electron chi connectivity index (χ1n) is 6.05. The van der Waals surface area contributed by atoms with Crippen LogP contribution in [0.2, 0.25) is 0 Å². The normalized spacial score (nSPS) is 12.2. The third-order valence-corrected chi connectivity index (χ3v) is 4.07. The average Bonchev–Trinajstić information content (AvgIpc) is 2.92. The maximum atomic E-state index is 13.2. The molecule has 0 N–H and O–H groups in total. The van der Waals surface area contributed by atoms with Crippen LogP contribution < -0.4 is 0 Å². The Morgan fingerprint density at radius 1 is 1.21 bits per heavy atom. The predicted molar refractivity (Wildman–Crippen MR) is 75.8 cm³/mol. The van der Waals surface area contributed by atoms with Crippen LogP contribution in [0.5, 0.6) is 0 Å². The SMILES string of the molecule is CC(C)(C)n1cnnc1-c1cc2ccc(F)cc2s1. The highest BCUT2D eigenvalue weighted by molar-refractivity contribution is 7.22. The molecule has 0 saturated heterocycles. The smallest absolute Gasteiger partial charge is 0.174 e. The van der Waals surface area contributed by atoms with Crippen molar-refractivity contribution in [3.05, 3.63) is 36.4 Å². The lowest BCUT2D eigenvalue weighted by Crippen LogP contribution is -2.21. The molecule has 19 heavy (non-hydrogen) atoms. The second kappa shape index (κ2) is 4.13. The van der Waals surface area contributed by atoms with E-state index < -0.39 is 0 Å². The molecular formula is C14H14FN3S. The zero-order chi connectivity index (χ0) is 13.6. The molecule has 0 bridgehead atoms. The summed E-state index contributed by atoms with van der Waals surface area (Å²) in [5, 5.41) is 9.23. The van der Waals surface area contributed by atoms with Crippen LogP contribution in [0.25, 0.3) is 20.8 Å². The molecule has 0 aliphatic carbocycles. The van der Waals surface area contributed by atoms with Crippen LogP contribution in [0.15, 0.2) is 30.6 Å². The minimum Gasteiger partial charge on any atom is -0.308 e. The topological polar surface area (TPSA) is 30.7 Å². The molecule has 2 heterocycles. The summed E-state index contributed by atoms with van der Waals surface area (Å²) in [6.07, 6.45) is 1.74. The van der Waals surface area contributed by atoms with Gasteiger partial charge in [-0.1, -0.05) is 6.07 Å². The molecule has 5 heteroatoms. The Balaban J connectivity index is 2.17. The zero-order valence-corrected chi connectivity index (χ0v) is 11.8. The van der Waals surface area contributed by atoms with Gasteiger partial charge in [0.15, 0.2) is 5.82 Å². The Bertz CT molecular complexity index is 737. The number of benzene rings is 1. The van der Waals surface area contributed by atoms with Crippen LogP contribution in [0.3, 0.4) is 0 Å². The van der Waals surface area contributed by atoms with Crippen molar-refractivity contribution in [1.82, 2.24) is 14.8 Å². The molecule has 0 fully saturated rings. The summed E-state index contributed by atoms with van der Waals surface area (Å²) >= 11 is 1.54. The molecule has 98 valence electrons. The van der Waals surface area contributed by atoms with Crippen molar-refractivity contribution in [2.45, 2.75) is 26.3 Å². The number of thiophene rings is 1. The molecular weight excluding hydrogens is 261 g/mol. The fraction of sp³-hybridized carbons (Fsp3) is 0.286. The Morgan fingerprint density at radius 3 is 2.74 bits per heavy atom. The van der Waals surface area contributed by atoms with E-state index in [1.807, 2.05) is 10.6 Å². The standard InChI is InChI=1S/C14H14FN3S/c1-14(2,3)18-8-16-17-13(18)12-6-9-4-5-10(15)7-11(9)19-12/h4-8H,1-3H3. The highest BCUT2D eigenvalue weighted by Crippen LogP contribution is 2.34. The molecule has 0 radical (unpaired) electrons. The number of aromatic nitrogens is 3. The summed E-state index contributed by atoms with van der Waals surface area (Å²) < 4.78 is 16.2. The van der Waals surface area contributed by atoms with Crippen LogP contribution in [0.4, 0.5) is 4.39 Å². The van der Waals surface area contributed by atoms with Gasteiger partial charge in [0, 0.05) is 10.2 Å². The number of hydrogen-bond donors (Lipinski definition) is 0. The van der Waals surface area contributed by atoms with E-state index in [9.17, 15) is 4.39 Å². The van der Waals surface area contributed by atoms with Crippen LogP contribution in [0, 0.1) is 5.82 Å². The van der Waals surface area contributed by atoms with E-state index in [4.69, 9.17) is 0 Å². The first-order valence-corrected chi connectivity index (χ1v) is 6.87. The highest BCUT2D eigenvalue weighted by atomic mass is 32.1. The Morgan fingerprint density at radius 2 is 2.00 bits per heavy atom. The number of rotatable bonds is 1. The molecule has 1 aromatic carbocycles. The van der Waals surface area contributed by atoms with Gasteiger partial charge in [-0.25, -0.2) is 4.39 Å². The van der Waals surface area contributed by atoms with E-state index in [0.717, 1.165) is 20.8 Å². The summed E-state index contributed by atoms with van der Waals surface area (Å²) in [7, 11) is 0. The maximum absolute atomic E-state index is 13.2. The van der Waals surface area contributed by atoms with Crippen LogP contribution in [0.1, 0.15) is 20.8 Å². The lowest BCUT2D eigenvalue weighted by molar-refractivity contribution is 0.400. The second-order valence-electron chi connectivity index (χ2n) is 5.49. The minimum atomic E-state index is -0.210. The summed E-state index contributed by atoms with van der Waals surface area (Å²) in [6.45, 7) is 6.31. The Labute approximate surface area is 114 Å². The molecule has 0 amide bonds. The number of nitrogens with zero attached hydrogens (tertiary/aromatic N) is 3. The first kappa shape index (κ1) is 12.3. The lowest BCUT2D eigenvalue weighted by Gasteiger charge is -2.21. The van der Waals surface area contributed by atoms with E-state index in [1.54, 1.807) is 18.5 Å². The zero-order valence-electron chi connectivity index (χ0n) is 11.0. The van der Waals surface area contributed by atoms with Crippen molar-refractivity contribution in [2.75, 3.05) is 0 Å². The molecule has 0 atom stereocenters. The van der Waals surface area contributed by atoms with Gasteiger partial charge in [0.05, 0.1) is 4.88 Å². The van der Waals surface area contributed by atoms with Gasteiger partial charge in [-0.3, -0.25) is 0 Å². The predicted octanol–water partition coefficient (Wildman–Crippen LogP) is 4.05. The van der Waals surface area contributed by atoms with Gasteiger partial charge in [-0.05, 0) is 44.4 Å². The molecule has 0 aliphatic rings. The van der Waals surface area contributed by atoms with E-state index >= 15 is 0 Å².